The fourth-order valence-corrected chi connectivity index (χ4v) is 3.41. The highest BCUT2D eigenvalue weighted by Gasteiger charge is 2.37. The summed E-state index contributed by atoms with van der Waals surface area (Å²) in [5, 5.41) is 0. The first-order chi connectivity index (χ1) is 9.74. The highest BCUT2D eigenvalue weighted by molar-refractivity contribution is 5.96. The molecule has 0 saturated heterocycles. The Morgan fingerprint density at radius 2 is 2.20 bits per heavy atom. The van der Waals surface area contributed by atoms with Crippen LogP contribution in [-0.2, 0) is 12.8 Å². The maximum absolute atomic E-state index is 12.6. The van der Waals surface area contributed by atoms with Crippen molar-refractivity contribution in [3.8, 4) is 0 Å². The third-order valence-electron chi connectivity index (χ3n) is 4.43. The summed E-state index contributed by atoms with van der Waals surface area (Å²) in [7, 11) is 0. The first-order valence-electron chi connectivity index (χ1n) is 7.08. The first-order valence-corrected chi connectivity index (χ1v) is 7.08. The number of fused-ring (bicyclic) bond motifs is 4. The maximum Gasteiger partial charge on any atom is 0.256 e. The summed E-state index contributed by atoms with van der Waals surface area (Å²) >= 11 is 0. The number of rotatable bonds is 0. The SMILES string of the molecule is Cc1ccc2c(c1)C1Cc3ncccc3C(=O)N1CC2. The fraction of sp³-hybridized carbons (Fsp3) is 0.294. The van der Waals surface area contributed by atoms with Gasteiger partial charge in [-0.25, -0.2) is 0 Å². The van der Waals surface area contributed by atoms with Crippen LogP contribution in [0.25, 0.3) is 0 Å². The van der Waals surface area contributed by atoms with Crippen LogP contribution in [0.3, 0.4) is 0 Å². The summed E-state index contributed by atoms with van der Waals surface area (Å²) in [6.07, 6.45) is 3.56. The zero-order valence-electron chi connectivity index (χ0n) is 11.5. The van der Waals surface area contributed by atoms with Gasteiger partial charge in [-0.1, -0.05) is 23.8 Å². The molecule has 3 heterocycles. The van der Waals surface area contributed by atoms with E-state index in [2.05, 4.69) is 30.1 Å². The Morgan fingerprint density at radius 3 is 3.10 bits per heavy atom. The predicted octanol–water partition coefficient (Wildman–Crippen LogP) is 2.69. The van der Waals surface area contributed by atoms with Gasteiger partial charge >= 0.3 is 0 Å². The van der Waals surface area contributed by atoms with Gasteiger partial charge in [0.05, 0.1) is 17.3 Å². The second kappa shape index (κ2) is 4.17. The van der Waals surface area contributed by atoms with E-state index in [1.807, 2.05) is 17.0 Å². The molecule has 1 atom stereocenters. The van der Waals surface area contributed by atoms with Crippen LogP contribution >= 0.6 is 0 Å². The van der Waals surface area contributed by atoms with Crippen molar-refractivity contribution in [2.45, 2.75) is 25.8 Å². The molecule has 0 N–H and O–H groups in total. The monoisotopic (exact) mass is 264 g/mol. The lowest BCUT2D eigenvalue weighted by Gasteiger charge is -2.40. The molecule has 2 aromatic rings. The molecule has 0 radical (unpaired) electrons. The van der Waals surface area contributed by atoms with Crippen LogP contribution in [0.15, 0.2) is 36.5 Å². The molecule has 3 heteroatoms. The summed E-state index contributed by atoms with van der Waals surface area (Å²) < 4.78 is 0. The Labute approximate surface area is 118 Å². The number of benzene rings is 1. The lowest BCUT2D eigenvalue weighted by molar-refractivity contribution is 0.0629. The molecular formula is C17H16N2O. The van der Waals surface area contributed by atoms with Crippen LogP contribution in [0.4, 0.5) is 0 Å². The number of aryl methyl sites for hydroxylation is 1. The van der Waals surface area contributed by atoms with Gasteiger partial charge in [-0.05, 0) is 36.6 Å². The highest BCUT2D eigenvalue weighted by Crippen LogP contribution is 2.37. The van der Waals surface area contributed by atoms with Crippen molar-refractivity contribution in [3.63, 3.8) is 0 Å². The molecule has 1 aromatic heterocycles. The molecule has 0 fully saturated rings. The van der Waals surface area contributed by atoms with E-state index in [1.54, 1.807) is 6.20 Å². The number of aromatic nitrogens is 1. The average molecular weight is 264 g/mol. The lowest BCUT2D eigenvalue weighted by atomic mass is 9.85. The molecular weight excluding hydrogens is 248 g/mol. The highest BCUT2D eigenvalue weighted by atomic mass is 16.2. The van der Waals surface area contributed by atoms with Crippen molar-refractivity contribution in [1.82, 2.24) is 9.88 Å². The molecule has 0 bridgehead atoms. The van der Waals surface area contributed by atoms with E-state index in [0.29, 0.717) is 0 Å². The van der Waals surface area contributed by atoms with Gasteiger partial charge < -0.3 is 4.90 Å². The molecule has 1 aromatic carbocycles. The molecule has 100 valence electrons. The van der Waals surface area contributed by atoms with Gasteiger partial charge in [0.2, 0.25) is 0 Å². The van der Waals surface area contributed by atoms with Crippen molar-refractivity contribution in [1.29, 1.82) is 0 Å². The molecule has 3 nitrogen and oxygen atoms in total. The van der Waals surface area contributed by atoms with Crippen LogP contribution in [0.2, 0.25) is 0 Å². The van der Waals surface area contributed by atoms with E-state index < -0.39 is 0 Å². The van der Waals surface area contributed by atoms with Crippen molar-refractivity contribution in [2.75, 3.05) is 6.54 Å². The normalized spacial score (nSPS) is 20.1. The second-order valence-corrected chi connectivity index (χ2v) is 5.67. The first kappa shape index (κ1) is 11.6. The Balaban J connectivity index is 1.85. The van der Waals surface area contributed by atoms with Crippen LogP contribution in [0, 0.1) is 6.92 Å². The van der Waals surface area contributed by atoms with Crippen molar-refractivity contribution >= 4 is 5.91 Å². The van der Waals surface area contributed by atoms with Gasteiger partial charge in [-0.15, -0.1) is 0 Å². The summed E-state index contributed by atoms with van der Waals surface area (Å²) in [6.45, 7) is 2.92. The molecule has 0 spiro atoms. The average Bonchev–Trinajstić information content (AvgIpc) is 2.47. The van der Waals surface area contributed by atoms with E-state index in [1.165, 1.54) is 16.7 Å². The fourth-order valence-electron chi connectivity index (χ4n) is 3.41. The smallest absolute Gasteiger partial charge is 0.256 e. The van der Waals surface area contributed by atoms with E-state index in [4.69, 9.17) is 0 Å². The van der Waals surface area contributed by atoms with E-state index >= 15 is 0 Å². The predicted molar refractivity (Wildman–Crippen MR) is 76.6 cm³/mol. The zero-order valence-corrected chi connectivity index (χ0v) is 11.5. The number of hydrogen-bond donors (Lipinski definition) is 0. The van der Waals surface area contributed by atoms with Gasteiger partial charge in [-0.2, -0.15) is 0 Å². The molecule has 1 amide bonds. The Kier molecular flexibility index (Phi) is 2.43. The molecule has 0 saturated carbocycles. The molecule has 4 rings (SSSR count). The maximum atomic E-state index is 12.6. The molecule has 2 aliphatic heterocycles. The van der Waals surface area contributed by atoms with Crippen molar-refractivity contribution in [3.05, 3.63) is 64.5 Å². The van der Waals surface area contributed by atoms with Crippen LogP contribution < -0.4 is 0 Å². The summed E-state index contributed by atoms with van der Waals surface area (Å²) in [6, 6.07) is 10.5. The van der Waals surface area contributed by atoms with Crippen LogP contribution in [0.5, 0.6) is 0 Å². The minimum absolute atomic E-state index is 0.136. The lowest BCUT2D eigenvalue weighted by Crippen LogP contribution is -2.44. The van der Waals surface area contributed by atoms with Gasteiger partial charge in [0.25, 0.3) is 5.91 Å². The third-order valence-corrected chi connectivity index (χ3v) is 4.43. The molecule has 20 heavy (non-hydrogen) atoms. The largest absolute Gasteiger partial charge is 0.331 e. The van der Waals surface area contributed by atoms with E-state index in [9.17, 15) is 4.79 Å². The van der Waals surface area contributed by atoms with Crippen molar-refractivity contribution < 1.29 is 4.79 Å². The Bertz CT molecular complexity index is 708. The van der Waals surface area contributed by atoms with E-state index in [0.717, 1.165) is 30.6 Å². The topological polar surface area (TPSA) is 33.2 Å². The Hall–Kier alpha value is -2.16. The number of nitrogens with zero attached hydrogens (tertiary/aromatic N) is 2. The van der Waals surface area contributed by atoms with Crippen LogP contribution in [0.1, 0.15) is 38.8 Å². The number of carbonyl (C=O) groups excluding carboxylic acids is 1. The minimum Gasteiger partial charge on any atom is -0.331 e. The standard InChI is InChI=1S/C17H16N2O/c1-11-4-5-12-6-8-19-16(14(12)9-11)10-15-13(17(19)20)3-2-7-18-15/h2-5,7,9,16H,6,8,10H2,1H3. The summed E-state index contributed by atoms with van der Waals surface area (Å²) in [5.74, 6) is 0.136. The summed E-state index contributed by atoms with van der Waals surface area (Å²) in [5.41, 5.74) is 5.66. The third kappa shape index (κ3) is 1.59. The van der Waals surface area contributed by atoms with Gasteiger partial charge in [0, 0.05) is 19.2 Å². The van der Waals surface area contributed by atoms with Crippen LogP contribution in [-0.4, -0.2) is 22.3 Å². The molecule has 0 aliphatic carbocycles. The number of carbonyl (C=O) groups is 1. The van der Waals surface area contributed by atoms with Gasteiger partial charge in [0.1, 0.15) is 0 Å². The van der Waals surface area contributed by atoms with Crippen molar-refractivity contribution in [2.24, 2.45) is 0 Å². The minimum atomic E-state index is 0.136. The molecule has 1 unspecified atom stereocenters. The number of amides is 1. The quantitative estimate of drug-likeness (QED) is 0.733. The Morgan fingerprint density at radius 1 is 1.30 bits per heavy atom. The summed E-state index contributed by atoms with van der Waals surface area (Å²) in [4.78, 5) is 19.1. The van der Waals surface area contributed by atoms with E-state index in [-0.39, 0.29) is 11.9 Å². The zero-order chi connectivity index (χ0) is 13.7. The number of pyridine rings is 1. The van der Waals surface area contributed by atoms with Gasteiger partial charge in [-0.3, -0.25) is 9.78 Å². The van der Waals surface area contributed by atoms with Gasteiger partial charge in [0.15, 0.2) is 0 Å². The molecule has 2 aliphatic rings. The second-order valence-electron chi connectivity index (χ2n) is 5.67. The number of hydrogen-bond acceptors (Lipinski definition) is 2.